The summed E-state index contributed by atoms with van der Waals surface area (Å²) in [7, 11) is 0. The summed E-state index contributed by atoms with van der Waals surface area (Å²) in [6.07, 6.45) is 8.70. The summed E-state index contributed by atoms with van der Waals surface area (Å²) in [6, 6.07) is 2.00. The van der Waals surface area contributed by atoms with E-state index in [0.717, 1.165) is 36.3 Å². The largest absolute Gasteiger partial charge is 0.355 e. The molecule has 1 saturated carbocycles. The number of fused-ring (bicyclic) bond motifs is 1. The standard InChI is InChI=1S/C14H22N4/c15-9-12-5-7-16-17-14(12)18-8-6-11-3-1-2-4-13(11)10-18/h5,7,11,13H,1-4,6,8-10,15H2. The quantitative estimate of drug-likeness (QED) is 0.866. The molecule has 98 valence electrons. The Morgan fingerprint density at radius 2 is 2.06 bits per heavy atom. The van der Waals surface area contributed by atoms with Gasteiger partial charge < -0.3 is 10.6 Å². The van der Waals surface area contributed by atoms with Crippen LogP contribution in [0.1, 0.15) is 37.7 Å². The Balaban J connectivity index is 1.77. The lowest BCUT2D eigenvalue weighted by Crippen LogP contribution is -2.42. The second-order valence-corrected chi connectivity index (χ2v) is 5.62. The molecule has 2 unspecified atom stereocenters. The molecule has 2 fully saturated rings. The predicted octanol–water partition coefficient (Wildman–Crippen LogP) is 1.95. The minimum absolute atomic E-state index is 0.551. The Kier molecular flexibility index (Phi) is 3.46. The molecule has 0 aromatic carbocycles. The summed E-state index contributed by atoms with van der Waals surface area (Å²) >= 11 is 0. The highest BCUT2D eigenvalue weighted by Gasteiger charge is 2.32. The molecule has 0 radical (unpaired) electrons. The third-order valence-corrected chi connectivity index (χ3v) is 4.59. The van der Waals surface area contributed by atoms with Crippen molar-refractivity contribution in [2.24, 2.45) is 17.6 Å². The molecule has 2 heterocycles. The zero-order valence-corrected chi connectivity index (χ0v) is 10.9. The molecule has 1 aromatic heterocycles. The zero-order valence-electron chi connectivity index (χ0n) is 10.9. The van der Waals surface area contributed by atoms with E-state index in [4.69, 9.17) is 5.73 Å². The number of nitrogens with two attached hydrogens (primary N) is 1. The van der Waals surface area contributed by atoms with Gasteiger partial charge in [0.1, 0.15) is 0 Å². The van der Waals surface area contributed by atoms with Crippen LogP contribution in [0.5, 0.6) is 0 Å². The molecule has 2 atom stereocenters. The van der Waals surface area contributed by atoms with E-state index in [-0.39, 0.29) is 0 Å². The zero-order chi connectivity index (χ0) is 12.4. The minimum atomic E-state index is 0.551. The Morgan fingerprint density at radius 3 is 2.89 bits per heavy atom. The van der Waals surface area contributed by atoms with Gasteiger partial charge in [-0.3, -0.25) is 0 Å². The summed E-state index contributed by atoms with van der Waals surface area (Å²) in [5.41, 5.74) is 6.92. The van der Waals surface area contributed by atoms with Crippen LogP contribution in [0.15, 0.2) is 12.3 Å². The molecule has 1 saturated heterocycles. The molecule has 0 amide bonds. The molecular weight excluding hydrogens is 224 g/mol. The number of aromatic nitrogens is 2. The van der Waals surface area contributed by atoms with Crippen LogP contribution in [-0.4, -0.2) is 23.3 Å². The maximum Gasteiger partial charge on any atom is 0.155 e. The average Bonchev–Trinajstić information content (AvgIpc) is 2.46. The monoisotopic (exact) mass is 246 g/mol. The second-order valence-electron chi connectivity index (χ2n) is 5.62. The highest BCUT2D eigenvalue weighted by atomic mass is 15.3. The first-order valence-corrected chi connectivity index (χ1v) is 7.14. The molecule has 1 aliphatic carbocycles. The highest BCUT2D eigenvalue weighted by Crippen LogP contribution is 2.37. The van der Waals surface area contributed by atoms with Crippen molar-refractivity contribution in [2.75, 3.05) is 18.0 Å². The molecule has 1 aromatic rings. The number of hydrogen-bond donors (Lipinski definition) is 1. The van der Waals surface area contributed by atoms with Crippen LogP contribution in [0.25, 0.3) is 0 Å². The smallest absolute Gasteiger partial charge is 0.155 e. The molecule has 4 heteroatoms. The van der Waals surface area contributed by atoms with Gasteiger partial charge in [0.15, 0.2) is 5.82 Å². The van der Waals surface area contributed by atoms with Crippen LogP contribution < -0.4 is 10.6 Å². The van der Waals surface area contributed by atoms with Gasteiger partial charge in [0.2, 0.25) is 0 Å². The summed E-state index contributed by atoms with van der Waals surface area (Å²) in [5.74, 6) is 2.83. The Morgan fingerprint density at radius 1 is 1.22 bits per heavy atom. The van der Waals surface area contributed by atoms with Gasteiger partial charge in [-0.2, -0.15) is 5.10 Å². The number of nitrogens with zero attached hydrogens (tertiary/aromatic N) is 3. The van der Waals surface area contributed by atoms with Gasteiger partial charge >= 0.3 is 0 Å². The lowest BCUT2D eigenvalue weighted by Gasteiger charge is -2.42. The van der Waals surface area contributed by atoms with Crippen molar-refractivity contribution in [3.63, 3.8) is 0 Å². The van der Waals surface area contributed by atoms with Crippen molar-refractivity contribution in [1.82, 2.24) is 10.2 Å². The normalized spacial score (nSPS) is 27.9. The van der Waals surface area contributed by atoms with Crippen molar-refractivity contribution in [2.45, 2.75) is 38.6 Å². The minimum Gasteiger partial charge on any atom is -0.355 e. The van der Waals surface area contributed by atoms with E-state index in [9.17, 15) is 0 Å². The van der Waals surface area contributed by atoms with Crippen LogP contribution in [-0.2, 0) is 6.54 Å². The van der Waals surface area contributed by atoms with Crippen molar-refractivity contribution in [3.05, 3.63) is 17.8 Å². The van der Waals surface area contributed by atoms with Gasteiger partial charge in [-0.15, -0.1) is 5.10 Å². The average molecular weight is 246 g/mol. The number of hydrogen-bond acceptors (Lipinski definition) is 4. The fourth-order valence-corrected chi connectivity index (χ4v) is 3.57. The van der Waals surface area contributed by atoms with E-state index >= 15 is 0 Å². The molecule has 4 nitrogen and oxygen atoms in total. The van der Waals surface area contributed by atoms with Crippen molar-refractivity contribution >= 4 is 5.82 Å². The Labute approximate surface area is 109 Å². The lowest BCUT2D eigenvalue weighted by atomic mass is 9.75. The van der Waals surface area contributed by atoms with Gasteiger partial charge in [0, 0.05) is 25.2 Å². The molecule has 2 N–H and O–H groups in total. The Hall–Kier alpha value is -1.16. The van der Waals surface area contributed by atoms with Crippen molar-refractivity contribution in [1.29, 1.82) is 0 Å². The fourth-order valence-electron chi connectivity index (χ4n) is 3.57. The van der Waals surface area contributed by atoms with Gasteiger partial charge in [0.25, 0.3) is 0 Å². The van der Waals surface area contributed by atoms with Crippen molar-refractivity contribution < 1.29 is 0 Å². The first kappa shape index (κ1) is 11.9. The number of rotatable bonds is 2. The molecule has 0 spiro atoms. The van der Waals surface area contributed by atoms with Gasteiger partial charge in [-0.25, -0.2) is 0 Å². The number of piperidine rings is 1. The summed E-state index contributed by atoms with van der Waals surface area (Å²) < 4.78 is 0. The third kappa shape index (κ3) is 2.21. The molecule has 0 bridgehead atoms. The summed E-state index contributed by atoms with van der Waals surface area (Å²) in [4.78, 5) is 2.40. The second kappa shape index (κ2) is 5.22. The van der Waals surface area contributed by atoms with E-state index in [0.29, 0.717) is 6.54 Å². The Bertz CT molecular complexity index is 407. The van der Waals surface area contributed by atoms with E-state index in [1.54, 1.807) is 6.20 Å². The van der Waals surface area contributed by atoms with E-state index < -0.39 is 0 Å². The third-order valence-electron chi connectivity index (χ3n) is 4.59. The maximum absolute atomic E-state index is 5.79. The van der Waals surface area contributed by atoms with Gasteiger partial charge in [-0.05, 0) is 30.7 Å². The van der Waals surface area contributed by atoms with Crippen molar-refractivity contribution in [3.8, 4) is 0 Å². The summed E-state index contributed by atoms with van der Waals surface area (Å²) in [6.45, 7) is 2.82. The maximum atomic E-state index is 5.79. The molecule has 1 aliphatic heterocycles. The van der Waals surface area contributed by atoms with Crippen LogP contribution in [0, 0.1) is 11.8 Å². The van der Waals surface area contributed by atoms with Gasteiger partial charge in [0.05, 0.1) is 6.20 Å². The number of anilines is 1. The molecule has 18 heavy (non-hydrogen) atoms. The summed E-state index contributed by atoms with van der Waals surface area (Å²) in [5, 5.41) is 8.33. The SMILES string of the molecule is NCc1ccnnc1N1CCC2CCCCC2C1. The molecular formula is C14H22N4. The van der Waals surface area contributed by atoms with Crippen LogP contribution in [0.2, 0.25) is 0 Å². The predicted molar refractivity (Wildman–Crippen MR) is 72.2 cm³/mol. The van der Waals surface area contributed by atoms with Crippen LogP contribution in [0.3, 0.4) is 0 Å². The van der Waals surface area contributed by atoms with Crippen LogP contribution >= 0.6 is 0 Å². The van der Waals surface area contributed by atoms with E-state index in [2.05, 4.69) is 15.1 Å². The highest BCUT2D eigenvalue weighted by molar-refractivity contribution is 5.46. The lowest BCUT2D eigenvalue weighted by molar-refractivity contribution is 0.202. The first-order valence-electron chi connectivity index (χ1n) is 7.14. The van der Waals surface area contributed by atoms with E-state index in [1.165, 1.54) is 32.1 Å². The first-order chi connectivity index (χ1) is 8.88. The van der Waals surface area contributed by atoms with Crippen LogP contribution in [0.4, 0.5) is 5.82 Å². The molecule has 3 rings (SSSR count). The topological polar surface area (TPSA) is 55.0 Å². The molecule has 2 aliphatic rings. The fraction of sp³-hybridized carbons (Fsp3) is 0.714. The van der Waals surface area contributed by atoms with E-state index in [1.807, 2.05) is 6.07 Å². The van der Waals surface area contributed by atoms with Gasteiger partial charge in [-0.1, -0.05) is 19.3 Å².